The van der Waals surface area contributed by atoms with Crippen LogP contribution in [0, 0.1) is 23.7 Å². The van der Waals surface area contributed by atoms with Gasteiger partial charge in [0.25, 0.3) is 0 Å². The highest BCUT2D eigenvalue weighted by Crippen LogP contribution is 2.48. The number of amides is 1. The van der Waals surface area contributed by atoms with Gasteiger partial charge in [-0.1, -0.05) is 19.8 Å². The summed E-state index contributed by atoms with van der Waals surface area (Å²) in [5.74, 6) is 2.32. The van der Waals surface area contributed by atoms with Crippen LogP contribution >= 0.6 is 0 Å². The molecule has 3 aliphatic carbocycles. The highest BCUT2D eigenvalue weighted by atomic mass is 16.2. The highest BCUT2D eigenvalue weighted by molar-refractivity contribution is 5.80. The molecule has 3 rings (SSSR count). The second-order valence-electron chi connectivity index (χ2n) is 7.21. The maximum absolute atomic E-state index is 12.8. The van der Waals surface area contributed by atoms with Crippen molar-refractivity contribution < 1.29 is 4.79 Å². The third-order valence-electron chi connectivity index (χ3n) is 6.18. The number of hydrogen-bond donors (Lipinski definition) is 1. The summed E-state index contributed by atoms with van der Waals surface area (Å²) < 4.78 is 0. The Labute approximate surface area is 116 Å². The molecular weight excluding hydrogens is 236 g/mol. The summed E-state index contributed by atoms with van der Waals surface area (Å²) in [5, 5.41) is 0. The van der Waals surface area contributed by atoms with E-state index in [1.807, 2.05) is 7.05 Å². The van der Waals surface area contributed by atoms with Gasteiger partial charge in [-0.25, -0.2) is 0 Å². The predicted molar refractivity (Wildman–Crippen MR) is 76.5 cm³/mol. The monoisotopic (exact) mass is 264 g/mol. The fraction of sp³-hybridized carbons (Fsp3) is 0.938. The van der Waals surface area contributed by atoms with Gasteiger partial charge >= 0.3 is 0 Å². The smallest absolute Gasteiger partial charge is 0.227 e. The SMILES string of the molecule is CC1CCCCC1N(C)C(=O)C1C2CCC(C2)C1N. The zero-order valence-electron chi connectivity index (χ0n) is 12.3. The molecule has 3 aliphatic rings. The number of fused-ring (bicyclic) bond motifs is 2. The molecule has 3 fully saturated rings. The lowest BCUT2D eigenvalue weighted by Gasteiger charge is -2.39. The molecule has 19 heavy (non-hydrogen) atoms. The van der Waals surface area contributed by atoms with E-state index in [-0.39, 0.29) is 12.0 Å². The largest absolute Gasteiger partial charge is 0.342 e. The molecule has 0 aromatic heterocycles. The number of nitrogens with two attached hydrogens (primary N) is 1. The Bertz CT molecular complexity index is 355. The lowest BCUT2D eigenvalue weighted by atomic mass is 9.81. The number of carbonyl (C=O) groups is 1. The van der Waals surface area contributed by atoms with Gasteiger partial charge in [-0.05, 0) is 49.9 Å². The minimum Gasteiger partial charge on any atom is -0.342 e. The molecule has 0 aliphatic heterocycles. The molecule has 0 spiro atoms. The van der Waals surface area contributed by atoms with Crippen LogP contribution < -0.4 is 5.73 Å². The Kier molecular flexibility index (Phi) is 3.59. The van der Waals surface area contributed by atoms with Gasteiger partial charge in [-0.2, -0.15) is 0 Å². The van der Waals surface area contributed by atoms with Crippen molar-refractivity contribution in [2.24, 2.45) is 29.4 Å². The minimum atomic E-state index is 0.123. The third-order valence-corrected chi connectivity index (χ3v) is 6.18. The zero-order valence-corrected chi connectivity index (χ0v) is 12.3. The van der Waals surface area contributed by atoms with Crippen molar-refractivity contribution in [2.75, 3.05) is 7.05 Å². The average molecular weight is 264 g/mol. The number of rotatable bonds is 2. The second kappa shape index (κ2) is 5.08. The van der Waals surface area contributed by atoms with Gasteiger partial charge in [-0.15, -0.1) is 0 Å². The maximum Gasteiger partial charge on any atom is 0.227 e. The molecule has 3 saturated carbocycles. The first-order valence-corrected chi connectivity index (χ1v) is 8.12. The molecule has 3 nitrogen and oxygen atoms in total. The van der Waals surface area contributed by atoms with Crippen molar-refractivity contribution in [2.45, 2.75) is 64.0 Å². The van der Waals surface area contributed by atoms with E-state index in [4.69, 9.17) is 5.73 Å². The normalized spacial score (nSPS) is 45.4. The lowest BCUT2D eigenvalue weighted by Crippen LogP contribution is -2.50. The molecular formula is C16H28N2O. The van der Waals surface area contributed by atoms with E-state index in [9.17, 15) is 4.79 Å². The highest BCUT2D eigenvalue weighted by Gasteiger charge is 2.50. The molecule has 0 aromatic carbocycles. The molecule has 108 valence electrons. The van der Waals surface area contributed by atoms with Crippen molar-refractivity contribution in [1.82, 2.24) is 4.90 Å². The van der Waals surface area contributed by atoms with Crippen LogP contribution in [0.3, 0.4) is 0 Å². The molecule has 0 radical (unpaired) electrons. The van der Waals surface area contributed by atoms with Crippen molar-refractivity contribution in [3.63, 3.8) is 0 Å². The Balaban J connectivity index is 1.69. The molecule has 6 unspecified atom stereocenters. The molecule has 0 aromatic rings. The van der Waals surface area contributed by atoms with Gasteiger partial charge in [0.1, 0.15) is 0 Å². The summed E-state index contributed by atoms with van der Waals surface area (Å²) in [5.41, 5.74) is 6.32. The summed E-state index contributed by atoms with van der Waals surface area (Å²) in [6.45, 7) is 2.30. The quantitative estimate of drug-likeness (QED) is 0.832. The zero-order chi connectivity index (χ0) is 13.6. The van der Waals surface area contributed by atoms with E-state index in [2.05, 4.69) is 11.8 Å². The third kappa shape index (κ3) is 2.20. The number of hydrogen-bond acceptors (Lipinski definition) is 2. The van der Waals surface area contributed by atoms with Gasteiger partial charge in [-0.3, -0.25) is 4.79 Å². The van der Waals surface area contributed by atoms with Crippen LogP contribution in [0.2, 0.25) is 0 Å². The van der Waals surface area contributed by atoms with Gasteiger partial charge in [0, 0.05) is 19.1 Å². The molecule has 0 heterocycles. The number of nitrogens with zero attached hydrogens (tertiary/aromatic N) is 1. The first kappa shape index (κ1) is 13.4. The maximum atomic E-state index is 12.8. The molecule has 0 saturated heterocycles. The summed E-state index contributed by atoms with van der Waals surface area (Å²) >= 11 is 0. The Hall–Kier alpha value is -0.570. The van der Waals surface area contributed by atoms with E-state index in [1.54, 1.807) is 0 Å². The minimum absolute atomic E-state index is 0.123. The van der Waals surface area contributed by atoms with Crippen molar-refractivity contribution in [1.29, 1.82) is 0 Å². The molecule has 2 N–H and O–H groups in total. The summed E-state index contributed by atoms with van der Waals surface area (Å²) in [6, 6.07) is 0.583. The molecule has 6 atom stereocenters. The van der Waals surface area contributed by atoms with E-state index < -0.39 is 0 Å². The Morgan fingerprint density at radius 2 is 1.79 bits per heavy atom. The topological polar surface area (TPSA) is 46.3 Å². The second-order valence-corrected chi connectivity index (χ2v) is 7.21. The first-order chi connectivity index (χ1) is 9.09. The van der Waals surface area contributed by atoms with E-state index in [0.29, 0.717) is 29.7 Å². The van der Waals surface area contributed by atoms with Gasteiger partial charge in [0.2, 0.25) is 5.91 Å². The average Bonchev–Trinajstić information content (AvgIpc) is 2.98. The fourth-order valence-electron chi connectivity index (χ4n) is 4.97. The first-order valence-electron chi connectivity index (χ1n) is 8.12. The van der Waals surface area contributed by atoms with Crippen molar-refractivity contribution in [3.05, 3.63) is 0 Å². The van der Waals surface area contributed by atoms with Crippen LogP contribution in [0.5, 0.6) is 0 Å². The van der Waals surface area contributed by atoms with Crippen LogP contribution in [-0.2, 0) is 4.79 Å². The predicted octanol–water partition coefficient (Wildman–Crippen LogP) is 2.40. The molecule has 1 amide bonds. The lowest BCUT2D eigenvalue weighted by molar-refractivity contribution is -0.140. The van der Waals surface area contributed by atoms with Crippen LogP contribution in [0.1, 0.15) is 51.9 Å². The van der Waals surface area contributed by atoms with E-state index >= 15 is 0 Å². The molecule has 3 heteroatoms. The number of carbonyl (C=O) groups excluding carboxylic acids is 1. The van der Waals surface area contributed by atoms with Gasteiger partial charge < -0.3 is 10.6 Å². The Morgan fingerprint density at radius 1 is 1.11 bits per heavy atom. The summed E-state index contributed by atoms with van der Waals surface area (Å²) in [7, 11) is 2.02. The van der Waals surface area contributed by atoms with Gasteiger partial charge in [0.15, 0.2) is 0 Å². The fourth-order valence-corrected chi connectivity index (χ4v) is 4.97. The van der Waals surface area contributed by atoms with Crippen molar-refractivity contribution >= 4 is 5.91 Å². The van der Waals surface area contributed by atoms with Crippen molar-refractivity contribution in [3.8, 4) is 0 Å². The van der Waals surface area contributed by atoms with E-state index in [1.165, 1.54) is 44.9 Å². The van der Waals surface area contributed by atoms with Crippen LogP contribution in [0.15, 0.2) is 0 Å². The van der Waals surface area contributed by atoms with E-state index in [0.717, 1.165) is 0 Å². The summed E-state index contributed by atoms with van der Waals surface area (Å²) in [4.78, 5) is 14.9. The van der Waals surface area contributed by atoms with Crippen LogP contribution in [-0.4, -0.2) is 29.9 Å². The standard InChI is InChI=1S/C16H28N2O/c1-10-5-3-4-6-13(10)18(2)16(19)14-11-7-8-12(9-11)15(14)17/h10-15H,3-9,17H2,1-2H3. The molecule has 2 bridgehead atoms. The van der Waals surface area contributed by atoms with Gasteiger partial charge in [0.05, 0.1) is 5.92 Å². The van der Waals surface area contributed by atoms with Crippen LogP contribution in [0.4, 0.5) is 0 Å². The summed E-state index contributed by atoms with van der Waals surface area (Å²) in [6.07, 6.45) is 8.72. The van der Waals surface area contributed by atoms with Crippen LogP contribution in [0.25, 0.3) is 0 Å². The Morgan fingerprint density at radius 3 is 2.42 bits per heavy atom.